The molecular weight excluding hydrogens is 170 g/mol. The summed E-state index contributed by atoms with van der Waals surface area (Å²) in [5.74, 6) is -0.333. The summed E-state index contributed by atoms with van der Waals surface area (Å²) in [7, 11) is 0. The molecule has 8 heteroatoms. The Kier molecular flexibility index (Phi) is 35.9. The molecule has 0 rings (SSSR count). The van der Waals surface area contributed by atoms with Crippen LogP contribution in [-0.2, 0) is 0 Å². The van der Waals surface area contributed by atoms with Gasteiger partial charge in [0.2, 0.25) is 0 Å². The zero-order valence-corrected chi connectivity index (χ0v) is 4.46. The summed E-state index contributed by atoms with van der Waals surface area (Å²) in [6.07, 6.45) is -1.83. The molecule has 0 heterocycles. The van der Waals surface area contributed by atoms with Crippen molar-refractivity contribution in [1.29, 1.82) is 5.41 Å². The fraction of sp³-hybridized carbons (Fsp3) is 0. The summed E-state index contributed by atoms with van der Waals surface area (Å²) < 4.78 is 0. The number of guanidine groups is 1. The van der Waals surface area contributed by atoms with Crippen LogP contribution in [0, 0.1) is 5.41 Å². The Bertz CT molecular complexity index is 76.5. The molecule has 9 N–H and O–H groups in total. The van der Waals surface area contributed by atoms with Crippen molar-refractivity contribution in [3.63, 3.8) is 0 Å². The predicted molar refractivity (Wildman–Crippen MR) is 38.9 cm³/mol. The van der Waals surface area contributed by atoms with E-state index in [2.05, 4.69) is 11.5 Å². The van der Waals surface area contributed by atoms with E-state index in [4.69, 9.17) is 20.4 Å². The number of nitrogens with two attached hydrogens (primary N) is 2. The average molecular weight is 181 g/mol. The van der Waals surface area contributed by atoms with Crippen LogP contribution >= 0.6 is 0 Å². The third-order valence-electron chi connectivity index (χ3n) is 0. The standard InChI is InChI=1S/CH5N3.CH2O3.Ca.H2O.2H/c2*2-1(3)4;;;;/h(H5,2,3,4);(H2,2,3,4);;1H2;;. The fourth-order valence-corrected chi connectivity index (χ4v) is 0. The Balaban J connectivity index is -0.0000000300. The zero-order valence-electron chi connectivity index (χ0n) is 4.46. The number of hydrogen-bond acceptors (Lipinski definition) is 2. The van der Waals surface area contributed by atoms with E-state index in [9.17, 15) is 0 Å². The molecule has 0 bridgehead atoms. The molecule has 0 atom stereocenters. The van der Waals surface area contributed by atoms with Gasteiger partial charge in [-0.2, -0.15) is 0 Å². The van der Waals surface area contributed by atoms with Crippen LogP contribution in [-0.4, -0.2) is 65.5 Å². The maximum atomic E-state index is 8.56. The maximum absolute atomic E-state index is 8.56. The second kappa shape index (κ2) is 15.9. The Hall–Kier alpha value is -0.240. The van der Waals surface area contributed by atoms with E-state index in [1.165, 1.54) is 0 Å². The van der Waals surface area contributed by atoms with Crippen molar-refractivity contribution in [1.82, 2.24) is 0 Å². The van der Waals surface area contributed by atoms with Crippen molar-refractivity contribution < 1.29 is 20.5 Å². The van der Waals surface area contributed by atoms with Gasteiger partial charge in [-0.1, -0.05) is 0 Å². The molecule has 0 radical (unpaired) electrons. The molecule has 0 amide bonds. The first-order chi connectivity index (χ1) is 3.46. The quantitative estimate of drug-likeness (QED) is 0.156. The van der Waals surface area contributed by atoms with Gasteiger partial charge >= 0.3 is 43.9 Å². The summed E-state index contributed by atoms with van der Waals surface area (Å²) in [4.78, 5) is 8.56. The van der Waals surface area contributed by atoms with E-state index in [0.29, 0.717) is 0 Å². The van der Waals surface area contributed by atoms with Gasteiger partial charge in [0.15, 0.2) is 5.96 Å². The average Bonchev–Trinajstić information content (AvgIpc) is 1.25. The van der Waals surface area contributed by atoms with E-state index in [-0.39, 0.29) is 49.2 Å². The van der Waals surface area contributed by atoms with Crippen molar-refractivity contribution in [3.05, 3.63) is 0 Å². The third-order valence-corrected chi connectivity index (χ3v) is 0. The first-order valence-electron chi connectivity index (χ1n) is 1.48. The first kappa shape index (κ1) is 22.6. The van der Waals surface area contributed by atoms with Crippen LogP contribution in [0.3, 0.4) is 0 Å². The van der Waals surface area contributed by atoms with Crippen LogP contribution in [0.1, 0.15) is 0 Å². The molecule has 60 valence electrons. The molecule has 0 saturated heterocycles. The molecule has 0 saturated carbocycles. The van der Waals surface area contributed by atoms with Gasteiger partial charge in [0.25, 0.3) is 0 Å². The number of carboxylic acid groups (broad SMARTS) is 2. The summed E-state index contributed by atoms with van der Waals surface area (Å²) in [6, 6.07) is 0. The minimum absolute atomic E-state index is 0. The second-order valence-corrected chi connectivity index (χ2v) is 0.738. The van der Waals surface area contributed by atoms with Gasteiger partial charge in [-0.3, -0.25) is 5.41 Å². The van der Waals surface area contributed by atoms with Gasteiger partial charge in [0.05, 0.1) is 0 Å². The van der Waals surface area contributed by atoms with Crippen molar-refractivity contribution in [3.8, 4) is 0 Å². The van der Waals surface area contributed by atoms with E-state index in [0.717, 1.165) is 0 Å². The molecule has 0 aliphatic rings. The Morgan fingerprint density at radius 1 is 1.30 bits per heavy atom. The van der Waals surface area contributed by atoms with Crippen LogP contribution in [0.4, 0.5) is 4.79 Å². The van der Waals surface area contributed by atoms with Gasteiger partial charge < -0.3 is 27.2 Å². The number of carbonyl (C=O) groups is 1. The third kappa shape index (κ3) is 6140. The molecule has 10 heavy (non-hydrogen) atoms. The zero-order chi connectivity index (χ0) is 7.15. The Morgan fingerprint density at radius 2 is 1.30 bits per heavy atom. The second-order valence-electron chi connectivity index (χ2n) is 0.738. The summed E-state index contributed by atoms with van der Waals surface area (Å²) in [5.41, 5.74) is 8.94. The van der Waals surface area contributed by atoms with E-state index in [1.807, 2.05) is 0 Å². The molecule has 0 aromatic carbocycles. The van der Waals surface area contributed by atoms with Crippen LogP contribution < -0.4 is 11.5 Å². The molecule has 0 aliphatic heterocycles. The normalized spacial score (nSPS) is 4.80. The summed E-state index contributed by atoms with van der Waals surface area (Å²) in [5, 5.41) is 20.0. The molecule has 0 aromatic heterocycles. The predicted octanol–water partition coefficient (Wildman–Crippen LogP) is -2.68. The fourth-order valence-electron chi connectivity index (χ4n) is 0. The van der Waals surface area contributed by atoms with Crippen molar-refractivity contribution in [2.75, 3.05) is 0 Å². The van der Waals surface area contributed by atoms with E-state index in [1.54, 1.807) is 0 Å². The molecule has 0 unspecified atom stereocenters. The van der Waals surface area contributed by atoms with Gasteiger partial charge in [-0.15, -0.1) is 0 Å². The molecule has 0 fully saturated rings. The van der Waals surface area contributed by atoms with Gasteiger partial charge in [0, 0.05) is 0 Å². The van der Waals surface area contributed by atoms with Crippen LogP contribution in [0.25, 0.3) is 0 Å². The Labute approximate surface area is 86.8 Å². The minimum atomic E-state index is -1.83. The Morgan fingerprint density at radius 3 is 1.30 bits per heavy atom. The van der Waals surface area contributed by atoms with Gasteiger partial charge in [-0.05, 0) is 0 Å². The van der Waals surface area contributed by atoms with Gasteiger partial charge in [0.1, 0.15) is 0 Å². The number of rotatable bonds is 0. The van der Waals surface area contributed by atoms with E-state index >= 15 is 0 Å². The monoisotopic (exact) mass is 181 g/mol. The van der Waals surface area contributed by atoms with Crippen molar-refractivity contribution in [2.45, 2.75) is 0 Å². The molecule has 0 spiro atoms. The first-order valence-corrected chi connectivity index (χ1v) is 1.48. The van der Waals surface area contributed by atoms with E-state index < -0.39 is 6.16 Å². The topological polar surface area (TPSA) is 165 Å². The number of nitrogens with one attached hydrogen (secondary N) is 1. The molecule has 7 nitrogen and oxygen atoms in total. The summed E-state index contributed by atoms with van der Waals surface area (Å²) in [6.45, 7) is 0. The SMILES string of the molecule is N=C(N)N.O.O=C(O)O.[CaH2]. The molecule has 0 aromatic rings. The van der Waals surface area contributed by atoms with Crippen molar-refractivity contribution >= 4 is 49.9 Å². The number of hydrogen-bond donors (Lipinski definition) is 5. The van der Waals surface area contributed by atoms with Crippen LogP contribution in [0.2, 0.25) is 0 Å². The van der Waals surface area contributed by atoms with Crippen LogP contribution in [0.15, 0.2) is 0 Å². The molecular formula is C2H11CaN3O4. The van der Waals surface area contributed by atoms with Gasteiger partial charge in [-0.25, -0.2) is 4.79 Å². The van der Waals surface area contributed by atoms with Crippen LogP contribution in [0.5, 0.6) is 0 Å². The summed E-state index contributed by atoms with van der Waals surface area (Å²) >= 11 is 0. The molecule has 0 aliphatic carbocycles. The van der Waals surface area contributed by atoms with Crippen molar-refractivity contribution in [2.24, 2.45) is 11.5 Å².